The fraction of sp³-hybridized carbons (Fsp3) is 0.360. The van der Waals surface area contributed by atoms with Crippen LogP contribution in [0.5, 0.6) is 11.5 Å². The molecule has 0 aromatic heterocycles. The third-order valence-corrected chi connectivity index (χ3v) is 6.45. The van der Waals surface area contributed by atoms with Gasteiger partial charge in [0.25, 0.3) is 11.7 Å². The summed E-state index contributed by atoms with van der Waals surface area (Å²) in [5.41, 5.74) is 0.932. The first kappa shape index (κ1) is 24.1. The van der Waals surface area contributed by atoms with Crippen molar-refractivity contribution in [3.8, 4) is 11.5 Å². The van der Waals surface area contributed by atoms with Crippen molar-refractivity contribution in [2.75, 3.05) is 53.6 Å². The van der Waals surface area contributed by atoms with Crippen molar-refractivity contribution < 1.29 is 28.9 Å². The van der Waals surface area contributed by atoms with Crippen molar-refractivity contribution >= 4 is 29.1 Å². The first-order valence-electron chi connectivity index (χ1n) is 11.0. The maximum atomic E-state index is 13.2. The Morgan fingerprint density at radius 2 is 1.76 bits per heavy atom. The Morgan fingerprint density at radius 3 is 2.44 bits per heavy atom. The van der Waals surface area contributed by atoms with Crippen LogP contribution in [0.1, 0.15) is 17.2 Å². The number of ether oxygens (including phenoxy) is 3. The number of ketones is 1. The van der Waals surface area contributed by atoms with Crippen molar-refractivity contribution in [3.05, 3.63) is 64.2 Å². The van der Waals surface area contributed by atoms with Gasteiger partial charge in [-0.15, -0.1) is 0 Å². The highest BCUT2D eigenvalue weighted by Crippen LogP contribution is 2.43. The largest absolute Gasteiger partial charge is 0.507 e. The summed E-state index contributed by atoms with van der Waals surface area (Å²) in [6, 6.07) is 11.1. The van der Waals surface area contributed by atoms with E-state index in [0.29, 0.717) is 48.9 Å². The van der Waals surface area contributed by atoms with Gasteiger partial charge in [0.15, 0.2) is 0 Å². The Balaban J connectivity index is 1.78. The summed E-state index contributed by atoms with van der Waals surface area (Å²) in [5.74, 6) is -0.754. The molecular formula is C25H27ClN2O6. The Morgan fingerprint density at radius 1 is 1.06 bits per heavy atom. The van der Waals surface area contributed by atoms with Crippen molar-refractivity contribution in [2.24, 2.45) is 0 Å². The van der Waals surface area contributed by atoms with Gasteiger partial charge in [0.1, 0.15) is 17.3 Å². The van der Waals surface area contributed by atoms with Gasteiger partial charge in [-0.05, 0) is 24.3 Å². The zero-order valence-electron chi connectivity index (χ0n) is 19.1. The third-order valence-electron chi connectivity index (χ3n) is 6.16. The molecule has 2 aliphatic rings. The number of carbonyl (C=O) groups is 2. The lowest BCUT2D eigenvalue weighted by Gasteiger charge is -2.31. The van der Waals surface area contributed by atoms with Crippen molar-refractivity contribution in [2.45, 2.75) is 6.04 Å². The Labute approximate surface area is 203 Å². The molecule has 0 spiro atoms. The highest BCUT2D eigenvalue weighted by molar-refractivity contribution is 6.46. The number of carbonyl (C=O) groups excluding carboxylic acids is 2. The molecule has 180 valence electrons. The van der Waals surface area contributed by atoms with E-state index < -0.39 is 17.7 Å². The fourth-order valence-electron chi connectivity index (χ4n) is 4.37. The highest BCUT2D eigenvalue weighted by Gasteiger charge is 2.47. The summed E-state index contributed by atoms with van der Waals surface area (Å²) in [7, 11) is 3.02. The number of hydrogen-bond donors (Lipinski definition) is 1. The fourth-order valence-corrected chi connectivity index (χ4v) is 4.63. The molecule has 0 radical (unpaired) electrons. The van der Waals surface area contributed by atoms with Crippen LogP contribution < -0.4 is 9.47 Å². The second kappa shape index (κ2) is 10.5. The Bertz CT molecular complexity index is 1110. The molecule has 2 heterocycles. The first-order chi connectivity index (χ1) is 16.5. The van der Waals surface area contributed by atoms with Gasteiger partial charge >= 0.3 is 0 Å². The SMILES string of the molecule is COc1ccc(/C(O)=C2\C(=O)C(=O)N(CCN3CCOCC3)C2c2ccccc2OC)cc1Cl. The van der Waals surface area contributed by atoms with E-state index in [2.05, 4.69) is 4.90 Å². The van der Waals surface area contributed by atoms with Gasteiger partial charge in [-0.25, -0.2) is 0 Å². The number of rotatable bonds is 7. The van der Waals surface area contributed by atoms with E-state index in [1.807, 2.05) is 12.1 Å². The summed E-state index contributed by atoms with van der Waals surface area (Å²) in [5, 5.41) is 11.5. The summed E-state index contributed by atoms with van der Waals surface area (Å²) in [6.07, 6.45) is 0. The Hall–Kier alpha value is -3.07. The van der Waals surface area contributed by atoms with Crippen LogP contribution in [0.25, 0.3) is 5.76 Å². The quantitative estimate of drug-likeness (QED) is 0.365. The highest BCUT2D eigenvalue weighted by atomic mass is 35.5. The molecule has 2 aromatic rings. The lowest BCUT2D eigenvalue weighted by atomic mass is 9.94. The smallest absolute Gasteiger partial charge is 0.295 e. The topological polar surface area (TPSA) is 88.5 Å². The van der Waals surface area contributed by atoms with Gasteiger partial charge in [0.05, 0.1) is 44.1 Å². The number of hydrogen-bond acceptors (Lipinski definition) is 7. The molecule has 1 amide bonds. The number of methoxy groups -OCH3 is 2. The maximum absolute atomic E-state index is 13.2. The Kier molecular flexibility index (Phi) is 7.41. The number of halogens is 1. The van der Waals surface area contributed by atoms with Crippen molar-refractivity contribution in [3.63, 3.8) is 0 Å². The molecule has 2 fully saturated rings. The predicted molar refractivity (Wildman–Crippen MR) is 127 cm³/mol. The van der Waals surface area contributed by atoms with E-state index in [-0.39, 0.29) is 16.4 Å². The van der Waals surface area contributed by atoms with E-state index >= 15 is 0 Å². The number of nitrogens with zero attached hydrogens (tertiary/aromatic N) is 2. The molecular weight excluding hydrogens is 460 g/mol. The second-order valence-corrected chi connectivity index (χ2v) is 8.44. The number of Topliss-reactive ketones (excluding diaryl/α,β-unsaturated/α-hetero) is 1. The van der Waals surface area contributed by atoms with E-state index in [0.717, 1.165) is 13.1 Å². The molecule has 0 saturated carbocycles. The van der Waals surface area contributed by atoms with Gasteiger partial charge < -0.3 is 24.2 Å². The molecule has 1 unspecified atom stereocenters. The molecule has 1 atom stereocenters. The molecule has 0 aliphatic carbocycles. The number of amides is 1. The van der Waals surface area contributed by atoms with Crippen molar-refractivity contribution in [1.82, 2.24) is 9.80 Å². The second-order valence-electron chi connectivity index (χ2n) is 8.04. The van der Waals surface area contributed by atoms with Crippen LogP contribution in [-0.2, 0) is 14.3 Å². The normalized spacial score (nSPS) is 20.6. The number of aliphatic hydroxyl groups excluding tert-OH is 1. The first-order valence-corrected chi connectivity index (χ1v) is 11.4. The number of aliphatic hydroxyl groups is 1. The van der Waals surface area contributed by atoms with Gasteiger partial charge in [-0.1, -0.05) is 29.8 Å². The van der Waals surface area contributed by atoms with Crippen LogP contribution in [0.2, 0.25) is 5.02 Å². The van der Waals surface area contributed by atoms with E-state index in [9.17, 15) is 14.7 Å². The molecule has 2 aliphatic heterocycles. The minimum Gasteiger partial charge on any atom is -0.507 e. The zero-order chi connectivity index (χ0) is 24.2. The van der Waals surface area contributed by atoms with Crippen LogP contribution in [0.15, 0.2) is 48.0 Å². The molecule has 2 aromatic carbocycles. The summed E-state index contributed by atoms with van der Waals surface area (Å²) >= 11 is 6.25. The van der Waals surface area contributed by atoms with Crippen molar-refractivity contribution in [1.29, 1.82) is 0 Å². The lowest BCUT2D eigenvalue weighted by molar-refractivity contribution is -0.140. The van der Waals surface area contributed by atoms with Crippen LogP contribution >= 0.6 is 11.6 Å². The van der Waals surface area contributed by atoms with Crippen LogP contribution in [-0.4, -0.2) is 80.2 Å². The number of morpholine rings is 1. The van der Waals surface area contributed by atoms with Crippen LogP contribution in [0, 0.1) is 0 Å². The maximum Gasteiger partial charge on any atom is 0.295 e. The average Bonchev–Trinajstić information content (AvgIpc) is 3.12. The van der Waals surface area contributed by atoms with Gasteiger partial charge in [-0.2, -0.15) is 0 Å². The average molecular weight is 487 g/mol. The van der Waals surface area contributed by atoms with Gasteiger partial charge in [0.2, 0.25) is 0 Å². The lowest BCUT2D eigenvalue weighted by Crippen LogP contribution is -2.42. The predicted octanol–water partition coefficient (Wildman–Crippen LogP) is 3.11. The molecule has 1 N–H and O–H groups in total. The zero-order valence-corrected chi connectivity index (χ0v) is 19.9. The van der Waals surface area contributed by atoms with E-state index in [1.165, 1.54) is 25.2 Å². The number of para-hydroxylation sites is 1. The molecule has 9 heteroatoms. The molecule has 0 bridgehead atoms. The van der Waals surface area contributed by atoms with Gasteiger partial charge in [0, 0.05) is 37.3 Å². The summed E-state index contributed by atoms with van der Waals surface area (Å²) in [4.78, 5) is 30.1. The number of likely N-dealkylation sites (tertiary alicyclic amines) is 1. The van der Waals surface area contributed by atoms with E-state index in [1.54, 1.807) is 24.3 Å². The third kappa shape index (κ3) is 4.61. The summed E-state index contributed by atoms with van der Waals surface area (Å²) in [6.45, 7) is 3.67. The monoisotopic (exact) mass is 486 g/mol. The molecule has 34 heavy (non-hydrogen) atoms. The van der Waals surface area contributed by atoms with E-state index in [4.69, 9.17) is 25.8 Å². The minimum atomic E-state index is -0.807. The van der Waals surface area contributed by atoms with Gasteiger partial charge in [-0.3, -0.25) is 14.5 Å². The van der Waals surface area contributed by atoms with Crippen LogP contribution in [0.3, 0.4) is 0 Å². The molecule has 2 saturated heterocycles. The molecule has 8 nitrogen and oxygen atoms in total. The molecule has 4 rings (SSSR count). The van der Waals surface area contributed by atoms with Crippen LogP contribution in [0.4, 0.5) is 0 Å². The summed E-state index contributed by atoms with van der Waals surface area (Å²) < 4.78 is 16.1. The number of benzene rings is 2. The standard InChI is InChI=1S/C25H27ClN2O6/c1-32-19-6-4-3-5-17(19)22-21(23(29)16-7-8-20(33-2)18(26)15-16)24(30)25(31)28(22)10-9-27-11-13-34-14-12-27/h3-8,15,22,29H,9-14H2,1-2H3/b23-21+. The minimum absolute atomic E-state index is 0.00212.